The second kappa shape index (κ2) is 8.55. The molecule has 0 aromatic carbocycles. The first-order valence-electron chi connectivity index (χ1n) is 8.75. The lowest BCUT2D eigenvalue weighted by Gasteiger charge is -2.29. The van der Waals surface area contributed by atoms with Crippen molar-refractivity contribution in [3.8, 4) is 0 Å². The first-order chi connectivity index (χ1) is 12.2. The quantitative estimate of drug-likeness (QED) is 0.820. The van der Waals surface area contributed by atoms with Gasteiger partial charge in [0.1, 0.15) is 12.0 Å². The van der Waals surface area contributed by atoms with Crippen LogP contribution in [0, 0.1) is 0 Å². The van der Waals surface area contributed by atoms with E-state index in [2.05, 4.69) is 20.2 Å². The Hall–Kier alpha value is -2.50. The minimum absolute atomic E-state index is 0.123. The summed E-state index contributed by atoms with van der Waals surface area (Å²) in [7, 11) is 0. The van der Waals surface area contributed by atoms with Crippen molar-refractivity contribution in [2.45, 2.75) is 31.9 Å². The van der Waals surface area contributed by atoms with Gasteiger partial charge in [0.25, 0.3) is 5.91 Å². The second-order valence-corrected chi connectivity index (χ2v) is 6.25. The number of halogens is 1. The molecular weight excluding hydrogens is 319 g/mol. The number of pyridine rings is 2. The highest BCUT2D eigenvalue weighted by Gasteiger charge is 2.19. The van der Waals surface area contributed by atoms with Crippen LogP contribution in [0.1, 0.15) is 35.3 Å². The van der Waals surface area contributed by atoms with Crippen molar-refractivity contribution >= 4 is 11.7 Å². The topological polar surface area (TPSA) is 58.1 Å². The third kappa shape index (κ3) is 4.98. The minimum atomic E-state index is -0.701. The number of carbonyl (C=O) groups is 1. The maximum absolute atomic E-state index is 13.2. The number of carbonyl (C=O) groups excluding carboxylic acids is 1. The van der Waals surface area contributed by atoms with E-state index in [1.165, 1.54) is 0 Å². The molecule has 1 aliphatic rings. The number of nitrogens with one attached hydrogen (secondary N) is 1. The van der Waals surface area contributed by atoms with Crippen LogP contribution >= 0.6 is 0 Å². The highest BCUT2D eigenvalue weighted by Crippen LogP contribution is 2.19. The van der Waals surface area contributed by atoms with Gasteiger partial charge in [-0.25, -0.2) is 9.37 Å². The molecule has 25 heavy (non-hydrogen) atoms. The van der Waals surface area contributed by atoms with Crippen molar-refractivity contribution in [2.24, 2.45) is 0 Å². The van der Waals surface area contributed by atoms with Crippen LogP contribution in [0.15, 0.2) is 42.7 Å². The molecule has 2 aromatic heterocycles. The Bertz CT molecular complexity index is 670. The number of amides is 1. The molecule has 132 valence electrons. The normalized spacial score (nSPS) is 15.2. The Morgan fingerprint density at radius 3 is 2.72 bits per heavy atom. The average molecular weight is 342 g/mol. The van der Waals surface area contributed by atoms with E-state index in [-0.39, 0.29) is 5.91 Å². The smallest absolute Gasteiger partial charge is 0.252 e. The highest BCUT2D eigenvalue weighted by molar-refractivity contribution is 5.94. The van der Waals surface area contributed by atoms with Gasteiger partial charge in [0.2, 0.25) is 0 Å². The predicted molar refractivity (Wildman–Crippen MR) is 95.5 cm³/mol. The van der Waals surface area contributed by atoms with Crippen LogP contribution in [-0.2, 0) is 6.42 Å². The standard InChI is InChI=1S/C19H23FN4O/c20-16-8-12-24(13-9-16)18-7-6-15(14-23-18)19(25)22-11-3-5-17-4-1-2-10-21-17/h1-2,4,6-7,10,14,16H,3,5,8-9,11-13H2,(H,22,25). The maximum atomic E-state index is 13.2. The Kier molecular flexibility index (Phi) is 5.93. The van der Waals surface area contributed by atoms with Crippen molar-refractivity contribution in [3.05, 3.63) is 54.0 Å². The molecule has 2 aromatic rings. The summed E-state index contributed by atoms with van der Waals surface area (Å²) in [5.74, 6) is 0.682. The summed E-state index contributed by atoms with van der Waals surface area (Å²) >= 11 is 0. The van der Waals surface area contributed by atoms with Crippen molar-refractivity contribution in [3.63, 3.8) is 0 Å². The zero-order chi connectivity index (χ0) is 17.5. The fourth-order valence-corrected chi connectivity index (χ4v) is 2.90. The van der Waals surface area contributed by atoms with E-state index in [0.29, 0.717) is 38.0 Å². The molecule has 6 heteroatoms. The molecule has 1 fully saturated rings. The monoisotopic (exact) mass is 342 g/mol. The van der Waals surface area contributed by atoms with Crippen molar-refractivity contribution in [1.29, 1.82) is 0 Å². The lowest BCUT2D eigenvalue weighted by atomic mass is 10.1. The molecule has 0 atom stereocenters. The lowest BCUT2D eigenvalue weighted by Crippen LogP contribution is -2.35. The van der Waals surface area contributed by atoms with E-state index >= 15 is 0 Å². The maximum Gasteiger partial charge on any atom is 0.252 e. The van der Waals surface area contributed by atoms with Gasteiger partial charge in [-0.1, -0.05) is 6.07 Å². The molecule has 5 nitrogen and oxygen atoms in total. The van der Waals surface area contributed by atoms with Gasteiger partial charge in [0.05, 0.1) is 5.56 Å². The average Bonchev–Trinajstić information content (AvgIpc) is 2.67. The first kappa shape index (κ1) is 17.3. The largest absolute Gasteiger partial charge is 0.356 e. The SMILES string of the molecule is O=C(NCCCc1ccccn1)c1ccc(N2CCC(F)CC2)nc1. The molecule has 0 saturated carbocycles. The molecule has 0 radical (unpaired) electrons. The fourth-order valence-electron chi connectivity index (χ4n) is 2.90. The fraction of sp³-hybridized carbons (Fsp3) is 0.421. The molecule has 1 aliphatic heterocycles. The molecule has 3 rings (SSSR count). The molecule has 0 unspecified atom stereocenters. The summed E-state index contributed by atoms with van der Waals surface area (Å²) in [5.41, 5.74) is 1.57. The number of piperidine rings is 1. The molecule has 1 amide bonds. The van der Waals surface area contributed by atoms with Gasteiger partial charge < -0.3 is 10.2 Å². The van der Waals surface area contributed by atoms with Crippen molar-refractivity contribution in [2.75, 3.05) is 24.5 Å². The van der Waals surface area contributed by atoms with Crippen LogP contribution in [-0.4, -0.2) is 41.7 Å². The minimum Gasteiger partial charge on any atom is -0.356 e. The Morgan fingerprint density at radius 2 is 2.04 bits per heavy atom. The van der Waals surface area contributed by atoms with Gasteiger partial charge in [-0.3, -0.25) is 9.78 Å². The number of hydrogen-bond acceptors (Lipinski definition) is 4. The van der Waals surface area contributed by atoms with Crippen LogP contribution in [0.3, 0.4) is 0 Å². The summed E-state index contributed by atoms with van der Waals surface area (Å²) in [4.78, 5) is 22.8. The summed E-state index contributed by atoms with van der Waals surface area (Å²) in [6, 6.07) is 9.45. The van der Waals surface area contributed by atoms with E-state index in [1.54, 1.807) is 18.5 Å². The molecule has 0 aliphatic carbocycles. The first-order valence-corrected chi connectivity index (χ1v) is 8.75. The van der Waals surface area contributed by atoms with E-state index in [4.69, 9.17) is 0 Å². The van der Waals surface area contributed by atoms with Gasteiger partial charge in [0, 0.05) is 37.7 Å². The molecule has 0 bridgehead atoms. The Balaban J connectivity index is 1.44. The zero-order valence-corrected chi connectivity index (χ0v) is 14.2. The van der Waals surface area contributed by atoms with Gasteiger partial charge >= 0.3 is 0 Å². The van der Waals surface area contributed by atoms with Crippen LogP contribution in [0.25, 0.3) is 0 Å². The molecule has 0 spiro atoms. The van der Waals surface area contributed by atoms with Crippen LogP contribution in [0.4, 0.5) is 10.2 Å². The summed E-state index contributed by atoms with van der Waals surface area (Å²) in [6.07, 6.45) is 5.42. The van der Waals surface area contributed by atoms with Gasteiger partial charge in [0.15, 0.2) is 0 Å². The highest BCUT2D eigenvalue weighted by atomic mass is 19.1. The van der Waals surface area contributed by atoms with Crippen LogP contribution < -0.4 is 10.2 Å². The molecular formula is C19H23FN4O. The number of rotatable bonds is 6. The van der Waals surface area contributed by atoms with E-state index in [9.17, 15) is 9.18 Å². The van der Waals surface area contributed by atoms with E-state index in [1.807, 2.05) is 24.3 Å². The van der Waals surface area contributed by atoms with Crippen molar-refractivity contribution < 1.29 is 9.18 Å². The van der Waals surface area contributed by atoms with Crippen LogP contribution in [0.2, 0.25) is 0 Å². The molecule has 1 saturated heterocycles. The van der Waals surface area contributed by atoms with Gasteiger partial charge in [-0.15, -0.1) is 0 Å². The summed E-state index contributed by atoms with van der Waals surface area (Å²) < 4.78 is 13.2. The number of nitrogens with zero attached hydrogens (tertiary/aromatic N) is 3. The Morgan fingerprint density at radius 1 is 1.20 bits per heavy atom. The molecule has 3 heterocycles. The third-order valence-electron chi connectivity index (χ3n) is 4.38. The number of aromatic nitrogens is 2. The number of hydrogen-bond donors (Lipinski definition) is 1. The number of alkyl halides is 1. The third-order valence-corrected chi connectivity index (χ3v) is 4.38. The van der Waals surface area contributed by atoms with E-state index < -0.39 is 6.17 Å². The Labute approximate surface area is 147 Å². The zero-order valence-electron chi connectivity index (χ0n) is 14.2. The number of anilines is 1. The lowest BCUT2D eigenvalue weighted by molar-refractivity contribution is 0.0953. The summed E-state index contributed by atoms with van der Waals surface area (Å²) in [5, 5.41) is 2.90. The summed E-state index contributed by atoms with van der Waals surface area (Å²) in [6.45, 7) is 1.95. The van der Waals surface area contributed by atoms with E-state index in [0.717, 1.165) is 24.4 Å². The van der Waals surface area contributed by atoms with Gasteiger partial charge in [-0.2, -0.15) is 0 Å². The van der Waals surface area contributed by atoms with Gasteiger partial charge in [-0.05, 0) is 49.9 Å². The number of aryl methyl sites for hydroxylation is 1. The van der Waals surface area contributed by atoms with Crippen LogP contribution in [0.5, 0.6) is 0 Å². The van der Waals surface area contributed by atoms with Crippen molar-refractivity contribution in [1.82, 2.24) is 15.3 Å². The predicted octanol–water partition coefficient (Wildman–Crippen LogP) is 2.78. The second-order valence-electron chi connectivity index (χ2n) is 6.25. The molecule has 1 N–H and O–H groups in total.